The zero-order valence-corrected chi connectivity index (χ0v) is 8.68. The lowest BCUT2D eigenvalue weighted by atomic mass is 10.0. The van der Waals surface area contributed by atoms with Gasteiger partial charge in [-0.05, 0) is 17.7 Å². The number of nitro benzene ring substituents is 1. The van der Waals surface area contributed by atoms with Crippen LogP contribution in [-0.4, -0.2) is 32.3 Å². The zero-order chi connectivity index (χ0) is 13.0. The predicted molar refractivity (Wildman–Crippen MR) is 56.3 cm³/mol. The SMILES string of the molecule is O=C(O)CC(O)C(O)c1ccc([N+](=O)[O-])cc1. The van der Waals surface area contributed by atoms with E-state index in [0.29, 0.717) is 0 Å². The van der Waals surface area contributed by atoms with Crippen molar-refractivity contribution in [3.63, 3.8) is 0 Å². The van der Waals surface area contributed by atoms with Crippen LogP contribution in [0.2, 0.25) is 0 Å². The molecule has 1 rings (SSSR count). The summed E-state index contributed by atoms with van der Waals surface area (Å²) in [5, 5.41) is 37.8. The van der Waals surface area contributed by atoms with E-state index < -0.39 is 29.5 Å². The maximum Gasteiger partial charge on any atom is 0.306 e. The zero-order valence-electron chi connectivity index (χ0n) is 8.68. The van der Waals surface area contributed by atoms with Gasteiger partial charge in [0.2, 0.25) is 0 Å². The number of aliphatic hydroxyl groups excluding tert-OH is 2. The highest BCUT2D eigenvalue weighted by Crippen LogP contribution is 2.21. The molecule has 0 aromatic heterocycles. The van der Waals surface area contributed by atoms with Crippen LogP contribution in [0.25, 0.3) is 0 Å². The second-order valence-corrected chi connectivity index (χ2v) is 3.46. The number of nitrogens with zero attached hydrogens (tertiary/aromatic N) is 1. The standard InChI is InChI=1S/C10H11NO6/c12-8(5-9(13)14)10(15)6-1-3-7(4-2-6)11(16)17/h1-4,8,10,12,15H,5H2,(H,13,14). The Balaban J connectivity index is 2.78. The number of aliphatic carboxylic acids is 1. The van der Waals surface area contributed by atoms with E-state index in [0.717, 1.165) is 0 Å². The fourth-order valence-corrected chi connectivity index (χ4v) is 1.31. The van der Waals surface area contributed by atoms with Gasteiger partial charge < -0.3 is 15.3 Å². The molecular weight excluding hydrogens is 230 g/mol. The molecule has 0 saturated carbocycles. The molecule has 0 fully saturated rings. The number of hydrogen-bond donors (Lipinski definition) is 3. The Kier molecular flexibility index (Phi) is 4.13. The molecule has 7 heteroatoms. The van der Waals surface area contributed by atoms with Gasteiger partial charge in [-0.15, -0.1) is 0 Å². The maximum absolute atomic E-state index is 10.4. The van der Waals surface area contributed by atoms with Crippen LogP contribution < -0.4 is 0 Å². The van der Waals surface area contributed by atoms with Crippen LogP contribution in [0.1, 0.15) is 18.1 Å². The quantitative estimate of drug-likeness (QED) is 0.508. The summed E-state index contributed by atoms with van der Waals surface area (Å²) < 4.78 is 0. The number of carboxylic acids is 1. The van der Waals surface area contributed by atoms with Crippen LogP contribution in [0.4, 0.5) is 5.69 Å². The van der Waals surface area contributed by atoms with Crippen molar-refractivity contribution in [3.8, 4) is 0 Å². The van der Waals surface area contributed by atoms with Gasteiger partial charge in [0, 0.05) is 12.1 Å². The molecule has 0 amide bonds. The molecule has 1 aromatic rings. The topological polar surface area (TPSA) is 121 Å². The van der Waals surface area contributed by atoms with Crippen molar-refractivity contribution in [3.05, 3.63) is 39.9 Å². The fraction of sp³-hybridized carbons (Fsp3) is 0.300. The Morgan fingerprint density at radius 2 is 1.82 bits per heavy atom. The van der Waals surface area contributed by atoms with Gasteiger partial charge >= 0.3 is 5.97 Å². The van der Waals surface area contributed by atoms with Gasteiger partial charge in [0.1, 0.15) is 6.10 Å². The lowest BCUT2D eigenvalue weighted by molar-refractivity contribution is -0.384. The molecule has 2 atom stereocenters. The number of rotatable bonds is 5. The summed E-state index contributed by atoms with van der Waals surface area (Å²) in [6, 6.07) is 4.89. The average molecular weight is 241 g/mol. The van der Waals surface area contributed by atoms with E-state index >= 15 is 0 Å². The number of non-ortho nitro benzene ring substituents is 1. The van der Waals surface area contributed by atoms with Crippen molar-refractivity contribution in [1.82, 2.24) is 0 Å². The Morgan fingerprint density at radius 1 is 1.29 bits per heavy atom. The maximum atomic E-state index is 10.4. The highest BCUT2D eigenvalue weighted by molar-refractivity contribution is 5.67. The molecule has 0 aliphatic heterocycles. The Labute approximate surface area is 96.1 Å². The Bertz CT molecular complexity index is 415. The Hall–Kier alpha value is -1.99. The van der Waals surface area contributed by atoms with E-state index in [4.69, 9.17) is 5.11 Å². The van der Waals surface area contributed by atoms with E-state index in [-0.39, 0.29) is 11.3 Å². The third-order valence-electron chi connectivity index (χ3n) is 2.19. The van der Waals surface area contributed by atoms with Crippen molar-refractivity contribution in [2.45, 2.75) is 18.6 Å². The van der Waals surface area contributed by atoms with Crippen molar-refractivity contribution in [2.24, 2.45) is 0 Å². The molecule has 1 aromatic carbocycles. The molecule has 7 nitrogen and oxygen atoms in total. The number of carboxylic acid groups (broad SMARTS) is 1. The molecule has 2 unspecified atom stereocenters. The summed E-state index contributed by atoms with van der Waals surface area (Å²) in [7, 11) is 0. The van der Waals surface area contributed by atoms with Gasteiger partial charge in [0.15, 0.2) is 0 Å². The summed E-state index contributed by atoms with van der Waals surface area (Å²) in [5.41, 5.74) is 0.0815. The lowest BCUT2D eigenvalue weighted by Crippen LogP contribution is -2.21. The summed E-state index contributed by atoms with van der Waals surface area (Å²) in [4.78, 5) is 20.1. The number of hydrogen-bond acceptors (Lipinski definition) is 5. The van der Waals surface area contributed by atoms with Gasteiger partial charge in [0.25, 0.3) is 5.69 Å². The monoisotopic (exact) mass is 241 g/mol. The van der Waals surface area contributed by atoms with Crippen molar-refractivity contribution < 1.29 is 25.0 Å². The van der Waals surface area contributed by atoms with E-state index in [9.17, 15) is 25.1 Å². The first-order valence-corrected chi connectivity index (χ1v) is 4.74. The minimum Gasteiger partial charge on any atom is -0.481 e. The first kappa shape index (κ1) is 13.1. The van der Waals surface area contributed by atoms with Gasteiger partial charge in [-0.2, -0.15) is 0 Å². The van der Waals surface area contributed by atoms with E-state index in [1.54, 1.807) is 0 Å². The van der Waals surface area contributed by atoms with E-state index in [1.807, 2.05) is 0 Å². The molecular formula is C10H11NO6. The van der Waals surface area contributed by atoms with E-state index in [1.165, 1.54) is 24.3 Å². The number of benzene rings is 1. The molecule has 0 saturated heterocycles. The molecule has 0 radical (unpaired) electrons. The summed E-state index contributed by atoms with van der Waals surface area (Å²) >= 11 is 0. The number of nitro groups is 1. The third kappa shape index (κ3) is 3.51. The summed E-state index contributed by atoms with van der Waals surface area (Å²) in [5.74, 6) is -1.24. The van der Waals surface area contributed by atoms with Crippen molar-refractivity contribution >= 4 is 11.7 Å². The third-order valence-corrected chi connectivity index (χ3v) is 2.19. The van der Waals surface area contributed by atoms with Crippen LogP contribution in [0.15, 0.2) is 24.3 Å². The van der Waals surface area contributed by atoms with Gasteiger partial charge in [-0.1, -0.05) is 0 Å². The van der Waals surface area contributed by atoms with Crippen molar-refractivity contribution in [2.75, 3.05) is 0 Å². The first-order valence-electron chi connectivity index (χ1n) is 4.74. The largest absolute Gasteiger partial charge is 0.481 e. The molecule has 0 spiro atoms. The van der Waals surface area contributed by atoms with E-state index in [2.05, 4.69) is 0 Å². The second kappa shape index (κ2) is 5.37. The van der Waals surface area contributed by atoms with Gasteiger partial charge in [-0.3, -0.25) is 14.9 Å². The normalized spacial score (nSPS) is 14.0. The van der Waals surface area contributed by atoms with Crippen LogP contribution in [0, 0.1) is 10.1 Å². The minimum absolute atomic E-state index is 0.145. The molecule has 0 aliphatic carbocycles. The van der Waals surface area contributed by atoms with Crippen LogP contribution in [0.3, 0.4) is 0 Å². The highest BCUT2D eigenvalue weighted by Gasteiger charge is 2.21. The highest BCUT2D eigenvalue weighted by atomic mass is 16.6. The Morgan fingerprint density at radius 3 is 2.24 bits per heavy atom. The van der Waals surface area contributed by atoms with Crippen molar-refractivity contribution in [1.29, 1.82) is 0 Å². The summed E-state index contributed by atoms with van der Waals surface area (Å²) in [6.45, 7) is 0. The average Bonchev–Trinajstić information content (AvgIpc) is 2.27. The smallest absolute Gasteiger partial charge is 0.306 e. The number of aliphatic hydroxyl groups is 2. The molecule has 3 N–H and O–H groups in total. The van der Waals surface area contributed by atoms with Crippen LogP contribution >= 0.6 is 0 Å². The molecule has 0 heterocycles. The fourth-order valence-electron chi connectivity index (χ4n) is 1.31. The molecule has 0 bridgehead atoms. The second-order valence-electron chi connectivity index (χ2n) is 3.46. The first-order chi connectivity index (χ1) is 7.91. The minimum atomic E-state index is -1.45. The molecule has 92 valence electrons. The van der Waals surface area contributed by atoms with Gasteiger partial charge in [0.05, 0.1) is 17.4 Å². The predicted octanol–water partition coefficient (Wildman–Crippen LogP) is 0.464. The molecule has 17 heavy (non-hydrogen) atoms. The lowest BCUT2D eigenvalue weighted by Gasteiger charge is -2.16. The number of carbonyl (C=O) groups is 1. The van der Waals surface area contributed by atoms with Crippen LogP contribution in [-0.2, 0) is 4.79 Å². The van der Waals surface area contributed by atoms with Crippen LogP contribution in [0.5, 0.6) is 0 Å². The van der Waals surface area contributed by atoms with Gasteiger partial charge in [-0.25, -0.2) is 0 Å². The molecule has 0 aliphatic rings. The summed E-state index contributed by atoms with van der Waals surface area (Å²) in [6.07, 6.45) is -3.43.